The van der Waals surface area contributed by atoms with E-state index in [1.54, 1.807) is 0 Å². The zero-order chi connectivity index (χ0) is 16.8. The van der Waals surface area contributed by atoms with E-state index in [0.717, 1.165) is 12.1 Å². The normalized spacial score (nSPS) is 12.4. The maximum atomic E-state index is 9.94. The molecule has 1 aromatic carbocycles. The van der Waals surface area contributed by atoms with Crippen LogP contribution in [0.2, 0.25) is 0 Å². The second-order valence-corrected chi connectivity index (χ2v) is 5.00. The van der Waals surface area contributed by atoms with Gasteiger partial charge in [-0.15, -0.1) is 24.0 Å². The Balaban J connectivity index is 0.00000529. The van der Waals surface area contributed by atoms with Gasteiger partial charge in [0.15, 0.2) is 5.96 Å². The van der Waals surface area contributed by atoms with Gasteiger partial charge < -0.3 is 25.2 Å². The van der Waals surface area contributed by atoms with Crippen molar-refractivity contribution in [2.24, 2.45) is 4.99 Å². The van der Waals surface area contributed by atoms with Gasteiger partial charge >= 0.3 is 0 Å². The van der Waals surface area contributed by atoms with Crippen LogP contribution in [0.25, 0.3) is 0 Å². The lowest BCUT2D eigenvalue weighted by Gasteiger charge is -2.13. The Hall–Kier alpha value is -0.900. The first-order chi connectivity index (χ1) is 11.3. The average Bonchev–Trinajstić information content (AvgIpc) is 2.57. The number of benzene rings is 1. The quantitative estimate of drug-likeness (QED) is 0.207. The molecule has 0 fully saturated rings. The van der Waals surface area contributed by atoms with E-state index in [9.17, 15) is 5.11 Å². The molecule has 0 aromatic heterocycles. The fourth-order valence-corrected chi connectivity index (χ4v) is 1.86. The van der Waals surface area contributed by atoms with Crippen molar-refractivity contribution in [3.63, 3.8) is 0 Å². The summed E-state index contributed by atoms with van der Waals surface area (Å²) in [5.41, 5.74) is 1.09. The Bertz CT molecular complexity index is 432. The second-order valence-electron chi connectivity index (χ2n) is 5.00. The molecule has 0 aliphatic rings. The van der Waals surface area contributed by atoms with Crippen molar-refractivity contribution in [1.82, 2.24) is 10.6 Å². The Morgan fingerprint density at radius 3 is 2.58 bits per heavy atom. The Morgan fingerprint density at radius 2 is 1.92 bits per heavy atom. The van der Waals surface area contributed by atoms with Crippen LogP contribution in [0.15, 0.2) is 35.3 Å². The van der Waals surface area contributed by atoms with Gasteiger partial charge in [0.05, 0.1) is 32.5 Å². The van der Waals surface area contributed by atoms with Crippen LogP contribution < -0.4 is 10.6 Å². The summed E-state index contributed by atoms with van der Waals surface area (Å²) < 4.78 is 10.8. The standard InChI is InChI=1S/C17H29N3O3.HI/c1-3-18-17(19-10-11-22-4-2)20-12-16(21)14-23-13-15-8-6-5-7-9-15;/h5-9,16,21H,3-4,10-14H2,1-2H3,(H2,18,19,20);1H. The molecule has 0 aliphatic heterocycles. The molecule has 6 nitrogen and oxygen atoms in total. The van der Waals surface area contributed by atoms with Crippen molar-refractivity contribution in [3.8, 4) is 0 Å². The lowest BCUT2D eigenvalue weighted by molar-refractivity contribution is 0.0331. The van der Waals surface area contributed by atoms with Crippen LogP contribution in [0.5, 0.6) is 0 Å². The number of ether oxygens (including phenoxy) is 2. The molecule has 0 heterocycles. The first-order valence-corrected chi connectivity index (χ1v) is 8.15. The number of nitrogens with one attached hydrogen (secondary N) is 2. The molecule has 0 saturated heterocycles. The molecule has 0 bridgehead atoms. The molecule has 24 heavy (non-hydrogen) atoms. The summed E-state index contributed by atoms with van der Waals surface area (Å²) in [6.07, 6.45) is -0.624. The average molecular weight is 451 g/mol. The topological polar surface area (TPSA) is 75.1 Å². The zero-order valence-corrected chi connectivity index (χ0v) is 16.9. The number of guanidine groups is 1. The lowest BCUT2D eigenvalue weighted by atomic mass is 10.2. The summed E-state index contributed by atoms with van der Waals surface area (Å²) in [6, 6.07) is 9.89. The van der Waals surface area contributed by atoms with Gasteiger partial charge in [-0.2, -0.15) is 0 Å². The van der Waals surface area contributed by atoms with E-state index in [0.29, 0.717) is 38.9 Å². The minimum atomic E-state index is -0.624. The van der Waals surface area contributed by atoms with Gasteiger partial charge in [0.25, 0.3) is 0 Å². The van der Waals surface area contributed by atoms with Crippen LogP contribution in [0.3, 0.4) is 0 Å². The van der Waals surface area contributed by atoms with Crippen molar-refractivity contribution in [2.45, 2.75) is 26.6 Å². The highest BCUT2D eigenvalue weighted by atomic mass is 127. The lowest BCUT2D eigenvalue weighted by Crippen LogP contribution is -2.39. The first kappa shape index (κ1) is 23.1. The Kier molecular flexibility index (Phi) is 15.0. The van der Waals surface area contributed by atoms with Crippen LogP contribution >= 0.6 is 24.0 Å². The van der Waals surface area contributed by atoms with Gasteiger partial charge in [-0.1, -0.05) is 30.3 Å². The maximum Gasteiger partial charge on any atom is 0.191 e. The van der Waals surface area contributed by atoms with Gasteiger partial charge in [-0.3, -0.25) is 4.99 Å². The van der Waals surface area contributed by atoms with Gasteiger partial charge in [0.2, 0.25) is 0 Å². The molecule has 1 atom stereocenters. The number of hydrogen-bond donors (Lipinski definition) is 3. The Labute approximate surface area is 162 Å². The van der Waals surface area contributed by atoms with Gasteiger partial charge in [-0.05, 0) is 19.4 Å². The monoisotopic (exact) mass is 451 g/mol. The number of halogens is 1. The molecular weight excluding hydrogens is 421 g/mol. The van der Waals surface area contributed by atoms with E-state index < -0.39 is 6.10 Å². The molecule has 0 saturated carbocycles. The van der Waals surface area contributed by atoms with Crippen molar-refractivity contribution in [1.29, 1.82) is 0 Å². The minimum absolute atomic E-state index is 0. The third-order valence-corrected chi connectivity index (χ3v) is 2.97. The fraction of sp³-hybridized carbons (Fsp3) is 0.588. The third kappa shape index (κ3) is 11.6. The summed E-state index contributed by atoms with van der Waals surface area (Å²) >= 11 is 0. The van der Waals surface area contributed by atoms with Crippen molar-refractivity contribution >= 4 is 29.9 Å². The number of hydrogen-bond acceptors (Lipinski definition) is 4. The SMILES string of the molecule is CCNC(=NCC(O)COCc1ccccc1)NCCOCC.I. The molecule has 0 amide bonds. The molecule has 1 aromatic rings. The van der Waals surface area contributed by atoms with E-state index >= 15 is 0 Å². The summed E-state index contributed by atoms with van der Waals surface area (Å²) in [6.45, 7) is 7.78. The zero-order valence-electron chi connectivity index (χ0n) is 14.5. The van der Waals surface area contributed by atoms with Crippen LogP contribution in [0.4, 0.5) is 0 Å². The van der Waals surface area contributed by atoms with E-state index in [1.165, 1.54) is 0 Å². The van der Waals surface area contributed by atoms with Crippen molar-refractivity contribution in [2.75, 3.05) is 39.5 Å². The number of aliphatic hydroxyl groups is 1. The van der Waals surface area contributed by atoms with Crippen LogP contribution in [0, 0.1) is 0 Å². The summed E-state index contributed by atoms with van der Waals surface area (Å²) in [7, 11) is 0. The highest BCUT2D eigenvalue weighted by molar-refractivity contribution is 14.0. The van der Waals surface area contributed by atoms with Gasteiger partial charge in [0, 0.05) is 19.7 Å². The van der Waals surface area contributed by atoms with Gasteiger partial charge in [-0.25, -0.2) is 0 Å². The predicted octanol–water partition coefficient (Wildman–Crippen LogP) is 1.77. The van der Waals surface area contributed by atoms with Crippen molar-refractivity contribution < 1.29 is 14.6 Å². The van der Waals surface area contributed by atoms with E-state index in [2.05, 4.69) is 15.6 Å². The summed E-state index contributed by atoms with van der Waals surface area (Å²) in [5.74, 6) is 0.675. The molecule has 1 unspecified atom stereocenters. The number of aliphatic imine (C=N–C) groups is 1. The molecule has 7 heteroatoms. The summed E-state index contributed by atoms with van der Waals surface area (Å²) in [5, 5.41) is 16.2. The Morgan fingerprint density at radius 1 is 1.17 bits per heavy atom. The molecule has 0 radical (unpaired) electrons. The maximum absolute atomic E-state index is 9.94. The molecule has 1 rings (SSSR count). The number of rotatable bonds is 11. The summed E-state index contributed by atoms with van der Waals surface area (Å²) in [4.78, 5) is 4.35. The van der Waals surface area contributed by atoms with E-state index in [1.807, 2.05) is 44.2 Å². The van der Waals surface area contributed by atoms with Crippen LogP contribution in [-0.4, -0.2) is 56.6 Å². The van der Waals surface area contributed by atoms with E-state index in [-0.39, 0.29) is 30.6 Å². The molecular formula is C17H30IN3O3. The molecule has 0 spiro atoms. The van der Waals surface area contributed by atoms with Crippen LogP contribution in [0.1, 0.15) is 19.4 Å². The fourth-order valence-electron chi connectivity index (χ4n) is 1.86. The molecule has 3 N–H and O–H groups in total. The number of nitrogens with zero attached hydrogens (tertiary/aromatic N) is 1. The van der Waals surface area contributed by atoms with E-state index in [4.69, 9.17) is 9.47 Å². The highest BCUT2D eigenvalue weighted by Gasteiger charge is 2.05. The largest absolute Gasteiger partial charge is 0.389 e. The number of aliphatic hydroxyl groups excluding tert-OH is 1. The second kappa shape index (κ2) is 15.6. The molecule has 138 valence electrons. The van der Waals surface area contributed by atoms with Crippen molar-refractivity contribution in [3.05, 3.63) is 35.9 Å². The third-order valence-electron chi connectivity index (χ3n) is 2.97. The van der Waals surface area contributed by atoms with Gasteiger partial charge in [0.1, 0.15) is 0 Å². The van der Waals surface area contributed by atoms with Crippen LogP contribution in [-0.2, 0) is 16.1 Å². The minimum Gasteiger partial charge on any atom is -0.389 e. The smallest absolute Gasteiger partial charge is 0.191 e. The first-order valence-electron chi connectivity index (χ1n) is 8.15. The highest BCUT2D eigenvalue weighted by Crippen LogP contribution is 2.01. The predicted molar refractivity (Wildman–Crippen MR) is 108 cm³/mol. The molecule has 0 aliphatic carbocycles.